The molecule has 5 nitrogen and oxygen atoms in total. The Balaban J connectivity index is 1.53. The van der Waals surface area contributed by atoms with Crippen molar-refractivity contribution in [2.75, 3.05) is 11.1 Å². The SMILES string of the molecule is Cc1sc2nc(SCC(=O)Nc3ccccc3-c3ccccc3)n(C)c(=O)c2c1C. The number of carbonyl (C=O) groups is 1. The Morgan fingerprint density at radius 1 is 1.10 bits per heavy atom. The summed E-state index contributed by atoms with van der Waals surface area (Å²) >= 11 is 2.78. The largest absolute Gasteiger partial charge is 0.325 e. The van der Waals surface area contributed by atoms with Crippen LogP contribution in [0.3, 0.4) is 0 Å². The predicted octanol–water partition coefficient (Wildman–Crippen LogP) is 5.01. The molecule has 1 N–H and O–H groups in total. The molecule has 2 aromatic carbocycles. The van der Waals surface area contributed by atoms with Gasteiger partial charge in [0.25, 0.3) is 5.56 Å². The summed E-state index contributed by atoms with van der Waals surface area (Å²) in [5, 5.41) is 4.21. The zero-order valence-corrected chi connectivity index (χ0v) is 18.6. The zero-order chi connectivity index (χ0) is 21.3. The van der Waals surface area contributed by atoms with Crippen LogP contribution in [0.1, 0.15) is 10.4 Å². The fourth-order valence-corrected chi connectivity index (χ4v) is 5.11. The van der Waals surface area contributed by atoms with E-state index < -0.39 is 0 Å². The van der Waals surface area contributed by atoms with Crippen LogP contribution in [0.4, 0.5) is 5.69 Å². The highest BCUT2D eigenvalue weighted by molar-refractivity contribution is 7.99. The van der Waals surface area contributed by atoms with Crippen LogP contribution in [0, 0.1) is 13.8 Å². The molecule has 0 unspecified atom stereocenters. The fraction of sp³-hybridized carbons (Fsp3) is 0.174. The van der Waals surface area contributed by atoms with Gasteiger partial charge in [0.05, 0.1) is 11.1 Å². The van der Waals surface area contributed by atoms with Crippen molar-refractivity contribution >= 4 is 44.9 Å². The van der Waals surface area contributed by atoms with E-state index in [1.165, 1.54) is 27.7 Å². The number of hydrogen-bond donors (Lipinski definition) is 1. The van der Waals surface area contributed by atoms with Crippen molar-refractivity contribution in [3.8, 4) is 11.1 Å². The first kappa shape index (κ1) is 20.4. The molecule has 0 atom stereocenters. The lowest BCUT2D eigenvalue weighted by molar-refractivity contribution is -0.113. The summed E-state index contributed by atoms with van der Waals surface area (Å²) in [6.07, 6.45) is 0. The quantitative estimate of drug-likeness (QED) is 0.354. The fourth-order valence-electron chi connectivity index (χ4n) is 3.26. The number of hydrogen-bond acceptors (Lipinski definition) is 5. The molecule has 0 spiro atoms. The molecule has 0 radical (unpaired) electrons. The third-order valence-corrected chi connectivity index (χ3v) is 7.12. The highest BCUT2D eigenvalue weighted by Crippen LogP contribution is 2.29. The van der Waals surface area contributed by atoms with Gasteiger partial charge in [0.1, 0.15) is 4.83 Å². The van der Waals surface area contributed by atoms with Gasteiger partial charge < -0.3 is 5.32 Å². The molecule has 152 valence electrons. The normalized spacial score (nSPS) is 11.0. The van der Waals surface area contributed by atoms with Crippen molar-refractivity contribution in [2.24, 2.45) is 7.05 Å². The molecule has 0 bridgehead atoms. The number of carbonyl (C=O) groups excluding carboxylic acids is 1. The first-order valence-corrected chi connectivity index (χ1v) is 11.3. The second-order valence-electron chi connectivity index (χ2n) is 6.97. The molecule has 2 heterocycles. The van der Waals surface area contributed by atoms with Crippen molar-refractivity contribution in [1.82, 2.24) is 9.55 Å². The lowest BCUT2D eigenvalue weighted by atomic mass is 10.0. The number of nitrogens with zero attached hydrogens (tertiary/aromatic N) is 2. The zero-order valence-electron chi connectivity index (χ0n) is 16.9. The maximum Gasteiger partial charge on any atom is 0.262 e. The third kappa shape index (κ3) is 3.91. The molecule has 1 amide bonds. The van der Waals surface area contributed by atoms with Gasteiger partial charge in [-0.15, -0.1) is 11.3 Å². The Morgan fingerprint density at radius 2 is 1.80 bits per heavy atom. The lowest BCUT2D eigenvalue weighted by Crippen LogP contribution is -2.21. The maximum atomic E-state index is 12.7. The summed E-state index contributed by atoms with van der Waals surface area (Å²) in [5.41, 5.74) is 3.68. The minimum Gasteiger partial charge on any atom is -0.325 e. The van der Waals surface area contributed by atoms with Gasteiger partial charge in [0.2, 0.25) is 5.91 Å². The number of benzene rings is 2. The van der Waals surface area contributed by atoms with Crippen LogP contribution in [-0.4, -0.2) is 21.2 Å². The highest BCUT2D eigenvalue weighted by Gasteiger charge is 2.16. The summed E-state index contributed by atoms with van der Waals surface area (Å²) in [6.45, 7) is 3.94. The number of aryl methyl sites for hydroxylation is 2. The van der Waals surface area contributed by atoms with Crippen LogP contribution in [0.25, 0.3) is 21.3 Å². The monoisotopic (exact) mass is 435 g/mol. The Kier molecular flexibility index (Phi) is 5.74. The number of para-hydroxylation sites is 1. The van der Waals surface area contributed by atoms with Gasteiger partial charge in [-0.3, -0.25) is 14.2 Å². The second kappa shape index (κ2) is 8.45. The number of fused-ring (bicyclic) bond motifs is 1. The Bertz CT molecular complexity index is 1290. The Hall–Kier alpha value is -2.90. The maximum absolute atomic E-state index is 12.7. The molecular weight excluding hydrogens is 414 g/mol. The Labute approximate surface area is 182 Å². The molecule has 0 fully saturated rings. The van der Waals surface area contributed by atoms with Gasteiger partial charge in [0.15, 0.2) is 5.16 Å². The van der Waals surface area contributed by atoms with Gasteiger partial charge >= 0.3 is 0 Å². The molecule has 2 aromatic heterocycles. The number of amides is 1. The van der Waals surface area contributed by atoms with Gasteiger partial charge in [0, 0.05) is 23.2 Å². The highest BCUT2D eigenvalue weighted by atomic mass is 32.2. The van der Waals surface area contributed by atoms with Crippen molar-refractivity contribution < 1.29 is 4.79 Å². The van der Waals surface area contributed by atoms with Crippen molar-refractivity contribution in [2.45, 2.75) is 19.0 Å². The molecule has 7 heteroatoms. The molecule has 0 saturated heterocycles. The topological polar surface area (TPSA) is 64.0 Å². The van der Waals surface area contributed by atoms with Gasteiger partial charge in [-0.25, -0.2) is 4.98 Å². The van der Waals surface area contributed by atoms with Gasteiger partial charge in [-0.2, -0.15) is 0 Å². The summed E-state index contributed by atoms with van der Waals surface area (Å²) in [6, 6.07) is 17.7. The molecule has 0 saturated carbocycles. The smallest absolute Gasteiger partial charge is 0.262 e. The van der Waals surface area contributed by atoms with Crippen LogP contribution in [0.5, 0.6) is 0 Å². The molecule has 0 aliphatic heterocycles. The van der Waals surface area contributed by atoms with E-state index in [4.69, 9.17) is 0 Å². The minimum atomic E-state index is -0.142. The number of anilines is 1. The first-order valence-electron chi connectivity index (χ1n) is 9.49. The van der Waals surface area contributed by atoms with E-state index in [0.717, 1.165) is 32.1 Å². The van der Waals surface area contributed by atoms with E-state index in [1.54, 1.807) is 7.05 Å². The Morgan fingerprint density at radius 3 is 2.57 bits per heavy atom. The van der Waals surface area contributed by atoms with Crippen molar-refractivity contribution in [1.29, 1.82) is 0 Å². The number of rotatable bonds is 5. The van der Waals surface area contributed by atoms with E-state index in [1.807, 2.05) is 68.4 Å². The van der Waals surface area contributed by atoms with E-state index in [0.29, 0.717) is 10.5 Å². The average Bonchev–Trinajstić information content (AvgIpc) is 3.04. The first-order chi connectivity index (χ1) is 14.5. The predicted molar refractivity (Wildman–Crippen MR) is 126 cm³/mol. The standard InChI is InChI=1S/C23H21N3O2S2/c1-14-15(2)30-21-20(14)22(28)26(3)23(25-21)29-13-19(27)24-18-12-8-7-11-17(18)16-9-5-4-6-10-16/h4-12H,13H2,1-3H3,(H,24,27). The van der Waals surface area contributed by atoms with E-state index in [9.17, 15) is 9.59 Å². The molecule has 4 rings (SSSR count). The number of nitrogens with one attached hydrogen (secondary N) is 1. The van der Waals surface area contributed by atoms with Crippen LogP contribution >= 0.6 is 23.1 Å². The van der Waals surface area contributed by atoms with Crippen molar-refractivity contribution in [3.05, 3.63) is 75.4 Å². The molecule has 0 aliphatic carbocycles. The van der Waals surface area contributed by atoms with Crippen LogP contribution in [-0.2, 0) is 11.8 Å². The van der Waals surface area contributed by atoms with E-state index in [-0.39, 0.29) is 17.2 Å². The average molecular weight is 436 g/mol. The van der Waals surface area contributed by atoms with Crippen LogP contribution < -0.4 is 10.9 Å². The van der Waals surface area contributed by atoms with Crippen molar-refractivity contribution in [3.63, 3.8) is 0 Å². The number of thioether (sulfide) groups is 1. The number of aromatic nitrogens is 2. The lowest BCUT2D eigenvalue weighted by Gasteiger charge is -2.12. The molecule has 0 aliphatic rings. The second-order valence-corrected chi connectivity index (χ2v) is 9.12. The summed E-state index contributed by atoms with van der Waals surface area (Å²) in [5.74, 6) is 0.0226. The molecular formula is C23H21N3O2S2. The minimum absolute atomic E-state index is 0.0702. The van der Waals surface area contributed by atoms with Gasteiger partial charge in [-0.05, 0) is 31.0 Å². The molecule has 30 heavy (non-hydrogen) atoms. The van der Waals surface area contributed by atoms with E-state index >= 15 is 0 Å². The van der Waals surface area contributed by atoms with E-state index in [2.05, 4.69) is 10.3 Å². The molecule has 4 aromatic rings. The summed E-state index contributed by atoms with van der Waals surface area (Å²) in [7, 11) is 1.70. The number of thiophene rings is 1. The third-order valence-electron chi connectivity index (χ3n) is 4.99. The van der Waals surface area contributed by atoms with Crippen LogP contribution in [0.15, 0.2) is 64.5 Å². The van der Waals surface area contributed by atoms with Crippen LogP contribution in [0.2, 0.25) is 0 Å². The summed E-state index contributed by atoms with van der Waals surface area (Å²) in [4.78, 5) is 31.8. The van der Waals surface area contributed by atoms with Gasteiger partial charge in [-0.1, -0.05) is 60.3 Å². The summed E-state index contributed by atoms with van der Waals surface area (Å²) < 4.78 is 1.53.